The first-order valence-electron chi connectivity index (χ1n) is 7.19. The smallest absolute Gasteiger partial charge is 0.244 e. The number of carbonyl (C=O) groups is 2. The summed E-state index contributed by atoms with van der Waals surface area (Å²) >= 11 is 0. The summed E-state index contributed by atoms with van der Waals surface area (Å²) in [6.45, 7) is 2.17. The van der Waals surface area contributed by atoms with Gasteiger partial charge in [0.15, 0.2) is 5.78 Å². The van der Waals surface area contributed by atoms with Gasteiger partial charge in [0.2, 0.25) is 5.91 Å². The molecule has 1 aliphatic rings. The van der Waals surface area contributed by atoms with Gasteiger partial charge in [-0.05, 0) is 37.5 Å². The topological polar surface area (TPSA) is 51.1 Å². The highest BCUT2D eigenvalue weighted by atomic mass is 16.2. The Kier molecular flexibility index (Phi) is 3.60. The minimum absolute atomic E-state index is 0.0923. The number of hydrogen-bond donors (Lipinski definition) is 1. The van der Waals surface area contributed by atoms with Gasteiger partial charge in [-0.25, -0.2) is 0 Å². The zero-order valence-corrected chi connectivity index (χ0v) is 12.0. The molecule has 1 fully saturated rings. The number of nitrogens with one attached hydrogen (secondary N) is 1. The van der Waals surface area contributed by atoms with Crippen LogP contribution in [0.15, 0.2) is 42.7 Å². The van der Waals surface area contributed by atoms with E-state index in [1.807, 2.05) is 31.2 Å². The lowest BCUT2D eigenvalue weighted by atomic mass is 10.1. The predicted molar refractivity (Wildman–Crippen MR) is 81.3 cm³/mol. The average Bonchev–Trinajstić information content (AvgIpc) is 3.21. The molecule has 2 aromatic rings. The lowest BCUT2D eigenvalue weighted by Crippen LogP contribution is -2.18. The van der Waals surface area contributed by atoms with Gasteiger partial charge in [0.05, 0.1) is 0 Å². The number of carbonyl (C=O) groups excluding carboxylic acids is 2. The van der Waals surface area contributed by atoms with Crippen LogP contribution in [0.1, 0.15) is 28.8 Å². The maximum atomic E-state index is 12.0. The lowest BCUT2D eigenvalue weighted by molar-refractivity contribution is -0.116. The van der Waals surface area contributed by atoms with Crippen molar-refractivity contribution < 1.29 is 9.59 Å². The van der Waals surface area contributed by atoms with E-state index in [-0.39, 0.29) is 24.2 Å². The highest BCUT2D eigenvalue weighted by Gasteiger charge is 2.30. The van der Waals surface area contributed by atoms with Gasteiger partial charge in [-0.2, -0.15) is 0 Å². The quantitative estimate of drug-likeness (QED) is 0.857. The monoisotopic (exact) mass is 282 g/mol. The highest BCUT2D eigenvalue weighted by molar-refractivity contribution is 5.99. The van der Waals surface area contributed by atoms with Crippen LogP contribution >= 0.6 is 0 Å². The molecule has 1 saturated carbocycles. The van der Waals surface area contributed by atoms with Gasteiger partial charge in [0, 0.05) is 29.6 Å². The molecule has 1 heterocycles. The van der Waals surface area contributed by atoms with Crippen molar-refractivity contribution in [3.63, 3.8) is 0 Å². The first-order valence-corrected chi connectivity index (χ1v) is 7.19. The summed E-state index contributed by atoms with van der Waals surface area (Å²) in [6, 6.07) is 9.46. The fourth-order valence-electron chi connectivity index (χ4n) is 2.33. The molecular weight excluding hydrogens is 264 g/mol. The second kappa shape index (κ2) is 5.56. The van der Waals surface area contributed by atoms with E-state index in [0.29, 0.717) is 5.56 Å². The van der Waals surface area contributed by atoms with Crippen LogP contribution in [0.25, 0.3) is 0 Å². The molecule has 108 valence electrons. The normalized spacial score (nSPS) is 14.0. The number of Topliss-reactive ketones (excluding diaryl/α,β-unsaturated/α-hetero) is 1. The van der Waals surface area contributed by atoms with Crippen molar-refractivity contribution in [1.82, 2.24) is 4.57 Å². The number of aromatic nitrogens is 1. The number of benzene rings is 1. The highest BCUT2D eigenvalue weighted by Crippen LogP contribution is 2.32. The summed E-state index contributed by atoms with van der Waals surface area (Å²) in [4.78, 5) is 24.0. The largest absolute Gasteiger partial charge is 0.344 e. The SMILES string of the molecule is Cc1ccccc1NC(=O)Cn1ccc(C(=O)C2CC2)c1. The van der Waals surface area contributed by atoms with Crippen LogP contribution in [0.3, 0.4) is 0 Å². The molecule has 21 heavy (non-hydrogen) atoms. The molecule has 0 bridgehead atoms. The van der Waals surface area contributed by atoms with Crippen LogP contribution in [0, 0.1) is 12.8 Å². The van der Waals surface area contributed by atoms with Gasteiger partial charge in [-0.1, -0.05) is 18.2 Å². The molecule has 1 aliphatic carbocycles. The summed E-state index contributed by atoms with van der Waals surface area (Å²) in [5.74, 6) is 0.319. The Hall–Kier alpha value is -2.36. The zero-order valence-electron chi connectivity index (χ0n) is 12.0. The molecular formula is C17H18N2O2. The molecule has 4 nitrogen and oxygen atoms in total. The van der Waals surface area contributed by atoms with Crippen molar-refractivity contribution in [3.05, 3.63) is 53.9 Å². The fourth-order valence-corrected chi connectivity index (χ4v) is 2.33. The Labute approximate surface area is 123 Å². The average molecular weight is 282 g/mol. The molecule has 1 aromatic carbocycles. The Balaban J connectivity index is 1.62. The van der Waals surface area contributed by atoms with Gasteiger partial charge in [0.25, 0.3) is 0 Å². The van der Waals surface area contributed by atoms with Crippen molar-refractivity contribution in [2.45, 2.75) is 26.3 Å². The van der Waals surface area contributed by atoms with Crippen LogP contribution in [0.2, 0.25) is 0 Å². The zero-order chi connectivity index (χ0) is 14.8. The summed E-state index contributed by atoms with van der Waals surface area (Å²) in [7, 11) is 0. The number of para-hydroxylation sites is 1. The van der Waals surface area contributed by atoms with Crippen molar-refractivity contribution in [3.8, 4) is 0 Å². The number of ketones is 1. The Morgan fingerprint density at radius 3 is 2.71 bits per heavy atom. The molecule has 0 radical (unpaired) electrons. The summed E-state index contributed by atoms with van der Waals surface area (Å²) < 4.78 is 1.75. The third kappa shape index (κ3) is 3.21. The molecule has 1 N–H and O–H groups in total. The van der Waals surface area contributed by atoms with Crippen LogP contribution in [-0.4, -0.2) is 16.3 Å². The van der Waals surface area contributed by atoms with Gasteiger partial charge in [0.1, 0.15) is 6.54 Å². The molecule has 1 aromatic heterocycles. The van der Waals surface area contributed by atoms with E-state index >= 15 is 0 Å². The maximum Gasteiger partial charge on any atom is 0.244 e. The standard InChI is InChI=1S/C17H18N2O2/c1-12-4-2-3-5-15(12)18-16(20)11-19-9-8-14(10-19)17(21)13-6-7-13/h2-5,8-10,13H,6-7,11H2,1H3,(H,18,20). The molecule has 0 saturated heterocycles. The number of anilines is 1. The second-order valence-corrected chi connectivity index (χ2v) is 5.57. The van der Waals surface area contributed by atoms with Gasteiger partial charge in [-0.3, -0.25) is 9.59 Å². The van der Waals surface area contributed by atoms with E-state index in [1.165, 1.54) is 0 Å². The molecule has 0 spiro atoms. The van der Waals surface area contributed by atoms with Crippen molar-refractivity contribution in [2.75, 3.05) is 5.32 Å². The molecule has 0 aliphatic heterocycles. The molecule has 0 unspecified atom stereocenters. The number of hydrogen-bond acceptors (Lipinski definition) is 2. The van der Waals surface area contributed by atoms with Crippen LogP contribution < -0.4 is 5.32 Å². The third-order valence-electron chi connectivity index (χ3n) is 3.73. The van der Waals surface area contributed by atoms with Crippen LogP contribution in [-0.2, 0) is 11.3 Å². The number of amides is 1. The first-order chi connectivity index (χ1) is 10.1. The van der Waals surface area contributed by atoms with Crippen molar-refractivity contribution in [2.24, 2.45) is 5.92 Å². The summed E-state index contributed by atoms with van der Waals surface area (Å²) in [5.41, 5.74) is 2.56. The Morgan fingerprint density at radius 2 is 2.00 bits per heavy atom. The maximum absolute atomic E-state index is 12.0. The number of rotatable bonds is 5. The van der Waals surface area contributed by atoms with Crippen molar-refractivity contribution in [1.29, 1.82) is 0 Å². The van der Waals surface area contributed by atoms with E-state index in [1.54, 1.807) is 23.0 Å². The predicted octanol–water partition coefficient (Wildman–Crippen LogP) is 3.03. The van der Waals surface area contributed by atoms with Gasteiger partial charge >= 0.3 is 0 Å². The van der Waals surface area contributed by atoms with E-state index in [4.69, 9.17) is 0 Å². The van der Waals surface area contributed by atoms with E-state index < -0.39 is 0 Å². The Morgan fingerprint density at radius 1 is 1.24 bits per heavy atom. The lowest BCUT2D eigenvalue weighted by Gasteiger charge is -2.08. The Bertz CT molecular complexity index is 684. The first kappa shape index (κ1) is 13.6. The number of aryl methyl sites for hydroxylation is 1. The minimum atomic E-state index is -0.0923. The second-order valence-electron chi connectivity index (χ2n) is 5.57. The molecule has 4 heteroatoms. The molecule has 1 amide bonds. The van der Waals surface area contributed by atoms with E-state index in [0.717, 1.165) is 24.1 Å². The third-order valence-corrected chi connectivity index (χ3v) is 3.73. The molecule has 3 rings (SSSR count). The molecule has 0 atom stereocenters. The number of nitrogens with zero attached hydrogens (tertiary/aromatic N) is 1. The van der Waals surface area contributed by atoms with Gasteiger partial charge < -0.3 is 9.88 Å². The minimum Gasteiger partial charge on any atom is -0.344 e. The summed E-state index contributed by atoms with van der Waals surface area (Å²) in [6.07, 6.45) is 5.54. The van der Waals surface area contributed by atoms with E-state index in [2.05, 4.69) is 5.32 Å². The summed E-state index contributed by atoms with van der Waals surface area (Å²) in [5, 5.41) is 2.89. The van der Waals surface area contributed by atoms with Gasteiger partial charge in [-0.15, -0.1) is 0 Å². The van der Waals surface area contributed by atoms with E-state index in [9.17, 15) is 9.59 Å². The van der Waals surface area contributed by atoms with Crippen LogP contribution in [0.5, 0.6) is 0 Å². The van der Waals surface area contributed by atoms with Crippen molar-refractivity contribution >= 4 is 17.4 Å². The fraction of sp³-hybridized carbons (Fsp3) is 0.294. The van der Waals surface area contributed by atoms with Crippen LogP contribution in [0.4, 0.5) is 5.69 Å².